The normalized spacial score (nSPS) is 10.3. The number of anilines is 3. The van der Waals surface area contributed by atoms with E-state index in [2.05, 4.69) is 20.6 Å². The molecule has 0 unspecified atom stereocenters. The molecule has 3 aromatic rings. The van der Waals surface area contributed by atoms with E-state index in [0.717, 1.165) is 22.5 Å². The molecule has 2 aromatic carbocycles. The minimum atomic E-state index is -0.305. The van der Waals surface area contributed by atoms with Gasteiger partial charge in [0, 0.05) is 23.0 Å². The number of aromatic nitrogens is 2. The maximum absolute atomic E-state index is 12.5. The van der Waals surface area contributed by atoms with Gasteiger partial charge in [-0.05, 0) is 62.2 Å². The Kier molecular flexibility index (Phi) is 5.26. The maximum atomic E-state index is 12.5. The molecule has 1 aromatic heterocycles. The lowest BCUT2D eigenvalue weighted by Crippen LogP contribution is -2.15. The Hall–Kier alpha value is -3.54. The van der Waals surface area contributed by atoms with E-state index >= 15 is 0 Å². The van der Waals surface area contributed by atoms with E-state index in [1.165, 1.54) is 13.3 Å². The van der Waals surface area contributed by atoms with Crippen molar-refractivity contribution >= 4 is 28.9 Å². The molecule has 2 N–H and O–H groups in total. The van der Waals surface area contributed by atoms with Gasteiger partial charge >= 0.3 is 0 Å². The summed E-state index contributed by atoms with van der Waals surface area (Å²) in [5, 5.41) is 5.99. The van der Waals surface area contributed by atoms with Gasteiger partial charge in [-0.3, -0.25) is 9.59 Å². The molecule has 0 aliphatic rings. The van der Waals surface area contributed by atoms with E-state index in [0.29, 0.717) is 11.4 Å². The van der Waals surface area contributed by atoms with E-state index in [1.807, 2.05) is 32.0 Å². The number of carbonyl (C=O) groups excluding carboxylic acids is 2. The molecule has 6 nitrogen and oxygen atoms in total. The molecule has 0 atom stereocenters. The zero-order chi connectivity index (χ0) is 19.4. The summed E-state index contributed by atoms with van der Waals surface area (Å²) in [6.45, 7) is 5.48. The lowest BCUT2D eigenvalue weighted by molar-refractivity contribution is 0.101. The number of nitrogens with one attached hydrogen (secondary N) is 2. The van der Waals surface area contributed by atoms with Crippen LogP contribution in [-0.2, 0) is 0 Å². The molecule has 0 radical (unpaired) electrons. The Morgan fingerprint density at radius 2 is 1.70 bits per heavy atom. The van der Waals surface area contributed by atoms with Gasteiger partial charge in [0.2, 0.25) is 0 Å². The first kappa shape index (κ1) is 18.3. The largest absolute Gasteiger partial charge is 0.340 e. The van der Waals surface area contributed by atoms with Crippen LogP contribution in [0.1, 0.15) is 38.9 Å². The van der Waals surface area contributed by atoms with Crippen molar-refractivity contribution in [1.29, 1.82) is 0 Å². The van der Waals surface area contributed by atoms with E-state index in [1.54, 1.807) is 30.3 Å². The molecule has 1 amide bonds. The third-order valence-electron chi connectivity index (χ3n) is 4.32. The van der Waals surface area contributed by atoms with Gasteiger partial charge in [0.1, 0.15) is 17.8 Å². The monoisotopic (exact) mass is 360 g/mol. The number of nitrogens with zero attached hydrogens (tertiary/aromatic N) is 2. The van der Waals surface area contributed by atoms with E-state index in [4.69, 9.17) is 0 Å². The van der Waals surface area contributed by atoms with E-state index in [-0.39, 0.29) is 17.4 Å². The van der Waals surface area contributed by atoms with Crippen LogP contribution in [-0.4, -0.2) is 21.7 Å². The number of ketones is 1. The Labute approximate surface area is 157 Å². The Morgan fingerprint density at radius 1 is 0.963 bits per heavy atom. The molecular weight excluding hydrogens is 340 g/mol. The van der Waals surface area contributed by atoms with E-state index < -0.39 is 0 Å². The molecule has 3 rings (SSSR count). The van der Waals surface area contributed by atoms with Crippen molar-refractivity contribution in [3.05, 3.63) is 77.2 Å². The number of amides is 1. The fourth-order valence-electron chi connectivity index (χ4n) is 2.56. The molecular formula is C21H20N4O2. The first-order valence-corrected chi connectivity index (χ1v) is 8.51. The topological polar surface area (TPSA) is 84.0 Å². The van der Waals surface area contributed by atoms with Gasteiger partial charge in [0.15, 0.2) is 5.78 Å². The summed E-state index contributed by atoms with van der Waals surface area (Å²) in [4.78, 5) is 32.1. The van der Waals surface area contributed by atoms with Crippen LogP contribution in [0.25, 0.3) is 0 Å². The van der Waals surface area contributed by atoms with Crippen molar-refractivity contribution < 1.29 is 9.59 Å². The van der Waals surface area contributed by atoms with Gasteiger partial charge in [-0.25, -0.2) is 9.97 Å². The van der Waals surface area contributed by atoms with Gasteiger partial charge in [0.05, 0.1) is 0 Å². The molecule has 6 heteroatoms. The average Bonchev–Trinajstić information content (AvgIpc) is 2.66. The van der Waals surface area contributed by atoms with Crippen molar-refractivity contribution in [2.45, 2.75) is 20.8 Å². The highest BCUT2D eigenvalue weighted by Crippen LogP contribution is 2.20. The predicted molar refractivity (Wildman–Crippen MR) is 106 cm³/mol. The van der Waals surface area contributed by atoms with Gasteiger partial charge in [0.25, 0.3) is 5.91 Å². The van der Waals surface area contributed by atoms with Gasteiger partial charge < -0.3 is 10.6 Å². The molecule has 1 heterocycles. The highest BCUT2D eigenvalue weighted by Gasteiger charge is 2.11. The highest BCUT2D eigenvalue weighted by molar-refractivity contribution is 6.03. The smallest absolute Gasteiger partial charge is 0.274 e. The fourth-order valence-corrected chi connectivity index (χ4v) is 2.56. The number of carbonyl (C=O) groups is 2. The third-order valence-corrected chi connectivity index (χ3v) is 4.32. The Morgan fingerprint density at radius 3 is 2.41 bits per heavy atom. The van der Waals surface area contributed by atoms with Crippen molar-refractivity contribution in [2.24, 2.45) is 0 Å². The lowest BCUT2D eigenvalue weighted by Gasteiger charge is -2.11. The summed E-state index contributed by atoms with van der Waals surface area (Å²) in [6, 6.07) is 14.4. The molecule has 0 bridgehead atoms. The van der Waals surface area contributed by atoms with Crippen molar-refractivity contribution in [3.63, 3.8) is 0 Å². The number of hydrogen-bond acceptors (Lipinski definition) is 5. The SMILES string of the molecule is CC(=O)c1ccc(Nc2cc(C(=O)Nc3cccc(C)c3C)ncn2)cc1. The van der Waals surface area contributed by atoms with Crippen LogP contribution in [0.5, 0.6) is 0 Å². The van der Waals surface area contributed by atoms with Crippen molar-refractivity contribution in [2.75, 3.05) is 10.6 Å². The summed E-state index contributed by atoms with van der Waals surface area (Å²) in [6.07, 6.45) is 1.34. The average molecular weight is 360 g/mol. The van der Waals surface area contributed by atoms with Crippen LogP contribution in [0.4, 0.5) is 17.2 Å². The molecule has 0 aliphatic carbocycles. The van der Waals surface area contributed by atoms with E-state index in [9.17, 15) is 9.59 Å². The third kappa shape index (κ3) is 4.36. The number of aryl methyl sites for hydroxylation is 1. The van der Waals surface area contributed by atoms with Gasteiger partial charge in [-0.1, -0.05) is 12.1 Å². The number of hydrogen-bond donors (Lipinski definition) is 2. The van der Waals surface area contributed by atoms with Crippen LogP contribution in [0.3, 0.4) is 0 Å². The summed E-state index contributed by atoms with van der Waals surface area (Å²) in [5.41, 5.74) is 4.54. The van der Waals surface area contributed by atoms with Crippen molar-refractivity contribution in [3.8, 4) is 0 Å². The van der Waals surface area contributed by atoms with Crippen LogP contribution in [0.2, 0.25) is 0 Å². The predicted octanol–water partition coefficient (Wildman–Crippen LogP) is 4.29. The van der Waals surface area contributed by atoms with Crippen LogP contribution < -0.4 is 10.6 Å². The minimum Gasteiger partial charge on any atom is -0.340 e. The summed E-state index contributed by atoms with van der Waals surface area (Å²) in [7, 11) is 0. The lowest BCUT2D eigenvalue weighted by atomic mass is 10.1. The molecule has 0 saturated carbocycles. The minimum absolute atomic E-state index is 0.00832. The van der Waals surface area contributed by atoms with Gasteiger partial charge in [-0.2, -0.15) is 0 Å². The second kappa shape index (κ2) is 7.78. The van der Waals surface area contributed by atoms with Gasteiger partial charge in [-0.15, -0.1) is 0 Å². The zero-order valence-corrected chi connectivity index (χ0v) is 15.4. The molecule has 0 saturated heterocycles. The summed E-state index contributed by atoms with van der Waals surface area (Å²) < 4.78 is 0. The second-order valence-electron chi connectivity index (χ2n) is 6.25. The Bertz CT molecular complexity index is 997. The second-order valence-corrected chi connectivity index (χ2v) is 6.25. The summed E-state index contributed by atoms with van der Waals surface area (Å²) >= 11 is 0. The first-order chi connectivity index (χ1) is 12.9. The molecule has 27 heavy (non-hydrogen) atoms. The maximum Gasteiger partial charge on any atom is 0.274 e. The molecule has 136 valence electrons. The van der Waals surface area contributed by atoms with Crippen LogP contribution in [0.15, 0.2) is 54.9 Å². The van der Waals surface area contributed by atoms with Crippen molar-refractivity contribution in [1.82, 2.24) is 9.97 Å². The number of rotatable bonds is 5. The molecule has 0 fully saturated rings. The van der Waals surface area contributed by atoms with Crippen LogP contribution >= 0.6 is 0 Å². The molecule has 0 aliphatic heterocycles. The number of benzene rings is 2. The number of Topliss-reactive ketones (excluding diaryl/α,β-unsaturated/α-hetero) is 1. The standard InChI is InChI=1S/C21H20N4O2/c1-13-5-4-6-18(14(13)2)25-21(27)19-11-20(23-12-22-19)24-17-9-7-16(8-10-17)15(3)26/h4-12H,1-3H3,(H,25,27)(H,22,23,24). The molecule has 0 spiro atoms. The Balaban J connectivity index is 1.75. The van der Waals surface area contributed by atoms with Crippen LogP contribution in [0, 0.1) is 13.8 Å². The summed E-state index contributed by atoms with van der Waals surface area (Å²) in [5.74, 6) is 0.196. The fraction of sp³-hybridized carbons (Fsp3) is 0.143. The quantitative estimate of drug-likeness (QED) is 0.663. The zero-order valence-electron chi connectivity index (χ0n) is 15.4. The highest BCUT2D eigenvalue weighted by atomic mass is 16.2. The first-order valence-electron chi connectivity index (χ1n) is 8.51.